The van der Waals surface area contributed by atoms with E-state index < -0.39 is 11.1 Å². The number of fused-ring (bicyclic) bond motifs is 1. The number of hydrogen-bond acceptors (Lipinski definition) is 3. The van der Waals surface area contributed by atoms with Gasteiger partial charge in [-0.25, -0.2) is 4.39 Å². The van der Waals surface area contributed by atoms with Crippen LogP contribution in [0.2, 0.25) is 0 Å². The SMILES string of the molecule is C=CCn1c(=O)c(=O)n(CCC(=O)NCc2ccc(F)cc2)c2ccccc21. The Morgan fingerprint density at radius 1 is 1.00 bits per heavy atom. The van der Waals surface area contributed by atoms with Crippen LogP contribution in [0.1, 0.15) is 12.0 Å². The molecule has 3 rings (SSSR count). The molecule has 7 heteroatoms. The molecule has 1 N–H and O–H groups in total. The standard InChI is InChI=1S/C21H20FN3O3/c1-2-12-24-17-5-3-4-6-18(17)25(21(28)20(24)27)13-11-19(26)23-14-15-7-9-16(22)10-8-15/h2-10H,1,11-14H2,(H,23,26). The first-order chi connectivity index (χ1) is 13.5. The first kappa shape index (κ1) is 19.3. The average Bonchev–Trinajstić information content (AvgIpc) is 2.71. The molecular weight excluding hydrogens is 361 g/mol. The van der Waals surface area contributed by atoms with Crippen LogP contribution in [0.4, 0.5) is 4.39 Å². The van der Waals surface area contributed by atoms with Crippen molar-refractivity contribution >= 4 is 16.9 Å². The smallest absolute Gasteiger partial charge is 0.317 e. The van der Waals surface area contributed by atoms with Gasteiger partial charge in [-0.1, -0.05) is 30.3 Å². The second kappa shape index (κ2) is 8.47. The minimum atomic E-state index is -0.674. The van der Waals surface area contributed by atoms with E-state index in [1.807, 2.05) is 0 Å². The van der Waals surface area contributed by atoms with Crippen molar-refractivity contribution in [1.82, 2.24) is 14.5 Å². The summed E-state index contributed by atoms with van der Waals surface area (Å²) in [6.45, 7) is 4.19. The Balaban J connectivity index is 1.78. The Bertz CT molecular complexity index is 1130. The van der Waals surface area contributed by atoms with Crippen LogP contribution in [0.25, 0.3) is 11.0 Å². The summed E-state index contributed by atoms with van der Waals surface area (Å²) in [5.41, 5.74) is 0.639. The molecule has 0 unspecified atom stereocenters. The van der Waals surface area contributed by atoms with Gasteiger partial charge in [0.05, 0.1) is 11.0 Å². The lowest BCUT2D eigenvalue weighted by Crippen LogP contribution is -2.42. The summed E-state index contributed by atoms with van der Waals surface area (Å²) in [5.74, 6) is -0.608. The molecule has 0 saturated carbocycles. The summed E-state index contributed by atoms with van der Waals surface area (Å²) in [5, 5.41) is 2.73. The molecular formula is C21H20FN3O3. The minimum absolute atomic E-state index is 0.0377. The van der Waals surface area contributed by atoms with Crippen molar-refractivity contribution in [2.24, 2.45) is 0 Å². The molecule has 0 bridgehead atoms. The van der Waals surface area contributed by atoms with Crippen LogP contribution in [-0.4, -0.2) is 15.0 Å². The number of nitrogens with one attached hydrogen (secondary N) is 1. The summed E-state index contributed by atoms with van der Waals surface area (Å²) in [7, 11) is 0. The van der Waals surface area contributed by atoms with E-state index >= 15 is 0 Å². The molecule has 2 aromatic carbocycles. The number of nitrogens with zero attached hydrogens (tertiary/aromatic N) is 2. The number of aryl methyl sites for hydroxylation is 1. The van der Waals surface area contributed by atoms with Crippen molar-refractivity contribution in [2.75, 3.05) is 0 Å². The second-order valence-corrected chi connectivity index (χ2v) is 6.30. The molecule has 0 fully saturated rings. The third-order valence-corrected chi connectivity index (χ3v) is 4.41. The molecule has 0 aliphatic rings. The normalized spacial score (nSPS) is 10.8. The minimum Gasteiger partial charge on any atom is -0.352 e. The highest BCUT2D eigenvalue weighted by atomic mass is 19.1. The van der Waals surface area contributed by atoms with Gasteiger partial charge in [0.2, 0.25) is 5.91 Å². The Morgan fingerprint density at radius 3 is 2.25 bits per heavy atom. The number of halogens is 1. The number of aromatic nitrogens is 2. The van der Waals surface area contributed by atoms with Crippen molar-refractivity contribution in [1.29, 1.82) is 0 Å². The number of hydrogen-bond donors (Lipinski definition) is 1. The zero-order valence-electron chi connectivity index (χ0n) is 15.2. The lowest BCUT2D eigenvalue weighted by Gasteiger charge is -2.14. The van der Waals surface area contributed by atoms with E-state index in [1.54, 1.807) is 42.5 Å². The summed E-state index contributed by atoms with van der Waals surface area (Å²) in [6.07, 6.45) is 1.59. The van der Waals surface area contributed by atoms with E-state index in [0.717, 1.165) is 5.56 Å². The average molecular weight is 381 g/mol. The molecule has 0 spiro atoms. The zero-order chi connectivity index (χ0) is 20.1. The molecule has 144 valence electrons. The molecule has 1 heterocycles. The lowest BCUT2D eigenvalue weighted by molar-refractivity contribution is -0.121. The van der Waals surface area contributed by atoms with E-state index in [4.69, 9.17) is 0 Å². The van der Waals surface area contributed by atoms with Crippen LogP contribution in [-0.2, 0) is 24.4 Å². The van der Waals surface area contributed by atoms with Crippen LogP contribution in [0.5, 0.6) is 0 Å². The molecule has 28 heavy (non-hydrogen) atoms. The number of allylic oxidation sites excluding steroid dienone is 1. The molecule has 0 aliphatic heterocycles. The second-order valence-electron chi connectivity index (χ2n) is 6.30. The molecule has 0 atom stereocenters. The Hall–Kier alpha value is -3.48. The predicted molar refractivity (Wildman–Crippen MR) is 106 cm³/mol. The van der Waals surface area contributed by atoms with E-state index in [1.165, 1.54) is 21.3 Å². The Kier molecular flexibility index (Phi) is 5.84. The number of carbonyl (C=O) groups is 1. The fourth-order valence-electron chi connectivity index (χ4n) is 3.01. The fourth-order valence-corrected chi connectivity index (χ4v) is 3.01. The van der Waals surface area contributed by atoms with Crippen molar-refractivity contribution in [3.63, 3.8) is 0 Å². The lowest BCUT2D eigenvalue weighted by atomic mass is 10.2. The van der Waals surface area contributed by atoms with Gasteiger partial charge in [-0.3, -0.25) is 19.0 Å². The summed E-state index contributed by atoms with van der Waals surface area (Å²) in [6, 6.07) is 12.9. The van der Waals surface area contributed by atoms with Crippen LogP contribution in [0.15, 0.2) is 70.8 Å². The van der Waals surface area contributed by atoms with Gasteiger partial charge in [-0.15, -0.1) is 6.58 Å². The number of amides is 1. The quantitative estimate of drug-likeness (QED) is 0.504. The van der Waals surface area contributed by atoms with Crippen LogP contribution < -0.4 is 16.4 Å². The van der Waals surface area contributed by atoms with E-state index in [9.17, 15) is 18.8 Å². The number of carbonyl (C=O) groups excluding carboxylic acids is 1. The highest BCUT2D eigenvalue weighted by Gasteiger charge is 2.13. The van der Waals surface area contributed by atoms with Crippen molar-refractivity contribution < 1.29 is 9.18 Å². The number of rotatable bonds is 7. The van der Waals surface area contributed by atoms with Gasteiger partial charge in [-0.05, 0) is 29.8 Å². The van der Waals surface area contributed by atoms with Crippen molar-refractivity contribution in [2.45, 2.75) is 26.1 Å². The van der Waals surface area contributed by atoms with Crippen molar-refractivity contribution in [3.8, 4) is 0 Å². The van der Waals surface area contributed by atoms with Gasteiger partial charge >= 0.3 is 11.1 Å². The number of benzene rings is 2. The first-order valence-corrected chi connectivity index (χ1v) is 8.85. The summed E-state index contributed by atoms with van der Waals surface area (Å²) >= 11 is 0. The molecule has 0 radical (unpaired) electrons. The molecule has 1 aromatic heterocycles. The molecule has 3 aromatic rings. The first-order valence-electron chi connectivity index (χ1n) is 8.85. The highest BCUT2D eigenvalue weighted by Crippen LogP contribution is 2.11. The maximum atomic E-state index is 12.9. The monoisotopic (exact) mass is 381 g/mol. The topological polar surface area (TPSA) is 73.1 Å². The van der Waals surface area contributed by atoms with Gasteiger partial charge < -0.3 is 9.88 Å². The van der Waals surface area contributed by atoms with Gasteiger partial charge in [0.1, 0.15) is 5.82 Å². The maximum absolute atomic E-state index is 12.9. The third kappa shape index (κ3) is 4.09. The molecule has 0 saturated heterocycles. The van der Waals surface area contributed by atoms with Crippen LogP contribution in [0.3, 0.4) is 0 Å². The summed E-state index contributed by atoms with van der Waals surface area (Å²) in [4.78, 5) is 37.1. The largest absolute Gasteiger partial charge is 0.352 e. The van der Waals surface area contributed by atoms with Crippen LogP contribution in [0, 0.1) is 5.82 Å². The maximum Gasteiger partial charge on any atom is 0.317 e. The fraction of sp³-hybridized carbons (Fsp3) is 0.190. The highest BCUT2D eigenvalue weighted by molar-refractivity contribution is 5.77. The third-order valence-electron chi connectivity index (χ3n) is 4.41. The summed E-state index contributed by atoms with van der Waals surface area (Å²) < 4.78 is 15.6. The van der Waals surface area contributed by atoms with E-state index in [-0.39, 0.29) is 37.8 Å². The van der Waals surface area contributed by atoms with E-state index in [2.05, 4.69) is 11.9 Å². The zero-order valence-corrected chi connectivity index (χ0v) is 15.2. The molecule has 0 aliphatic carbocycles. The molecule has 6 nitrogen and oxygen atoms in total. The van der Waals surface area contributed by atoms with Gasteiger partial charge in [0.15, 0.2) is 0 Å². The van der Waals surface area contributed by atoms with Crippen molar-refractivity contribution in [3.05, 3.63) is 93.3 Å². The Morgan fingerprint density at radius 2 is 1.61 bits per heavy atom. The molecule has 1 amide bonds. The Labute approximate surface area is 160 Å². The van der Waals surface area contributed by atoms with Gasteiger partial charge in [0.25, 0.3) is 0 Å². The van der Waals surface area contributed by atoms with Gasteiger partial charge in [0, 0.05) is 26.1 Å². The van der Waals surface area contributed by atoms with Crippen LogP contribution >= 0.6 is 0 Å². The van der Waals surface area contributed by atoms with E-state index in [0.29, 0.717) is 11.0 Å². The van der Waals surface area contributed by atoms with Gasteiger partial charge in [-0.2, -0.15) is 0 Å². The predicted octanol–water partition coefficient (Wildman–Crippen LogP) is 2.19. The number of para-hydroxylation sites is 2.